The molecule has 3 aliphatic carbocycles. The number of cyclic esters (lactones) is 1. The summed E-state index contributed by atoms with van der Waals surface area (Å²) in [5.41, 5.74) is -0.504. The number of rotatable bonds is 5. The zero-order valence-corrected chi connectivity index (χ0v) is 25.1. The van der Waals surface area contributed by atoms with Gasteiger partial charge in [-0.1, -0.05) is 39.3 Å². The van der Waals surface area contributed by atoms with Crippen molar-refractivity contribution in [2.24, 2.45) is 39.9 Å². The molecule has 1 heterocycles. The van der Waals surface area contributed by atoms with Gasteiger partial charge in [0.2, 0.25) is 12.0 Å². The van der Waals surface area contributed by atoms with Gasteiger partial charge in [0.1, 0.15) is 0 Å². The molecule has 0 saturated heterocycles. The highest BCUT2D eigenvalue weighted by Gasteiger charge is 2.67. The Morgan fingerprint density at radius 1 is 1.12 bits per heavy atom. The van der Waals surface area contributed by atoms with Gasteiger partial charge < -0.3 is 35.2 Å². The lowest BCUT2D eigenvalue weighted by molar-refractivity contribution is -0.224. The van der Waals surface area contributed by atoms with Gasteiger partial charge in [-0.2, -0.15) is 0 Å². The van der Waals surface area contributed by atoms with E-state index in [1.807, 2.05) is 13.8 Å². The summed E-state index contributed by atoms with van der Waals surface area (Å²) < 4.78 is 10.9. The van der Waals surface area contributed by atoms with Gasteiger partial charge >= 0.3 is 11.9 Å². The second kappa shape index (κ2) is 10.4. The number of fused-ring (bicyclic) bond motifs is 3. The summed E-state index contributed by atoms with van der Waals surface area (Å²) in [5, 5.41) is 47.4. The highest BCUT2D eigenvalue weighted by Crippen LogP contribution is 2.70. The summed E-state index contributed by atoms with van der Waals surface area (Å²) in [6.45, 7) is 8.21. The van der Waals surface area contributed by atoms with Gasteiger partial charge in [-0.3, -0.25) is 0 Å². The first-order valence-corrected chi connectivity index (χ1v) is 14.9. The molecule has 0 bridgehead atoms. The van der Waals surface area contributed by atoms with Crippen LogP contribution in [0.1, 0.15) is 70.2 Å². The van der Waals surface area contributed by atoms with E-state index in [4.69, 9.17) is 21.1 Å². The lowest BCUT2D eigenvalue weighted by Gasteiger charge is -2.68. The first-order chi connectivity index (χ1) is 19.2. The maximum Gasteiger partial charge on any atom is 0.376 e. The van der Waals surface area contributed by atoms with E-state index in [0.29, 0.717) is 48.4 Å². The quantitative estimate of drug-likeness (QED) is 0.314. The number of hydrogen-bond donors (Lipinski definition) is 5. The summed E-state index contributed by atoms with van der Waals surface area (Å²) in [4.78, 5) is 25.4. The number of benzene rings is 1. The maximum atomic E-state index is 13.2. The Morgan fingerprint density at radius 2 is 1.80 bits per heavy atom. The number of anilines is 1. The van der Waals surface area contributed by atoms with Crippen LogP contribution in [0.25, 0.3) is 0 Å². The third-order valence-electron chi connectivity index (χ3n) is 11.5. The number of hydrogen-bond acceptors (Lipinski definition) is 9. The topological polar surface area (TPSA) is 146 Å². The zero-order valence-electron chi connectivity index (χ0n) is 24.3. The summed E-state index contributed by atoms with van der Waals surface area (Å²) in [6, 6.07) is 4.97. The van der Waals surface area contributed by atoms with Crippen molar-refractivity contribution >= 4 is 29.2 Å². The number of nitrogens with one attached hydrogen (secondary N) is 1. The third-order valence-corrected chi connectivity index (χ3v) is 11.7. The zero-order chi connectivity index (χ0) is 30.1. The molecule has 1 aromatic rings. The van der Waals surface area contributed by atoms with E-state index in [0.717, 1.165) is 0 Å². The number of halogens is 1. The lowest BCUT2D eigenvalue weighted by Crippen LogP contribution is -2.65. The van der Waals surface area contributed by atoms with Crippen molar-refractivity contribution < 1.29 is 39.5 Å². The van der Waals surface area contributed by atoms with Crippen molar-refractivity contribution in [3.05, 3.63) is 40.1 Å². The van der Waals surface area contributed by atoms with E-state index < -0.39 is 52.9 Å². The Kier molecular flexibility index (Phi) is 7.67. The van der Waals surface area contributed by atoms with E-state index in [1.54, 1.807) is 25.2 Å². The normalized spacial score (nSPS) is 42.3. The fraction of sp³-hybridized carbons (Fsp3) is 0.677. The number of aliphatic hydroxyl groups excluding tert-OH is 4. The molecule has 10 heteroatoms. The number of ether oxygens (including phenoxy) is 2. The van der Waals surface area contributed by atoms with Gasteiger partial charge in [0, 0.05) is 29.1 Å². The molecule has 0 amide bonds. The molecule has 5 N–H and O–H groups in total. The van der Waals surface area contributed by atoms with E-state index >= 15 is 0 Å². The minimum Gasteiger partial charge on any atom is -0.502 e. The monoisotopic (exact) mass is 591 g/mol. The SMILES string of the molecule is CNc1ccc(Cl)cc1C(=O)OCC1(C)C(O)CCC2(C)C1CCC1(C)C(C3=C(O)C(=O)OC3O)C(C)C(O)CC12. The summed E-state index contributed by atoms with van der Waals surface area (Å²) in [7, 11) is 1.71. The maximum absolute atomic E-state index is 13.2. The standard InChI is InChI=1S/C31H42ClNO8/c1-15-19(34)13-21-29(2)11-9-22(35)31(4,14-40-26(37)17-12-16(32)6-7-18(17)33-5)20(29)8-10-30(21,3)24(15)23-25(36)28(39)41-27(23)38/h6-7,12,15,19-22,24,27,33-36,38H,8-11,13-14H2,1-5H3. The minimum absolute atomic E-state index is 0.0156. The average molecular weight is 592 g/mol. The van der Waals surface area contributed by atoms with Crippen LogP contribution in [0.15, 0.2) is 29.5 Å². The highest BCUT2D eigenvalue weighted by molar-refractivity contribution is 6.31. The van der Waals surface area contributed by atoms with Crippen molar-refractivity contribution in [1.29, 1.82) is 0 Å². The first-order valence-electron chi connectivity index (χ1n) is 14.5. The van der Waals surface area contributed by atoms with Gasteiger partial charge in [-0.25, -0.2) is 9.59 Å². The predicted molar refractivity (Wildman–Crippen MR) is 152 cm³/mol. The van der Waals surface area contributed by atoms with Crippen LogP contribution >= 0.6 is 11.6 Å². The van der Waals surface area contributed by atoms with Crippen LogP contribution in [-0.2, 0) is 14.3 Å². The largest absolute Gasteiger partial charge is 0.502 e. The molecule has 0 radical (unpaired) electrons. The van der Waals surface area contributed by atoms with Crippen LogP contribution in [0.4, 0.5) is 5.69 Å². The van der Waals surface area contributed by atoms with E-state index in [-0.39, 0.29) is 35.3 Å². The minimum atomic E-state index is -1.55. The molecule has 10 atom stereocenters. The molecule has 1 aliphatic heterocycles. The van der Waals surface area contributed by atoms with E-state index in [9.17, 15) is 30.0 Å². The van der Waals surface area contributed by atoms with Crippen molar-refractivity contribution in [3.8, 4) is 0 Å². The Balaban J connectivity index is 1.47. The van der Waals surface area contributed by atoms with E-state index in [2.05, 4.69) is 19.2 Å². The molecule has 3 fully saturated rings. The molecule has 10 unspecified atom stereocenters. The van der Waals surface area contributed by atoms with Crippen LogP contribution in [0, 0.1) is 39.9 Å². The fourth-order valence-corrected chi connectivity index (χ4v) is 9.55. The lowest BCUT2D eigenvalue weighted by atomic mass is 9.37. The summed E-state index contributed by atoms with van der Waals surface area (Å²) >= 11 is 6.15. The Labute approximate surface area is 245 Å². The number of carbonyl (C=O) groups is 2. The molecule has 3 saturated carbocycles. The van der Waals surface area contributed by atoms with Gasteiger partial charge in [-0.15, -0.1) is 0 Å². The van der Waals surface area contributed by atoms with E-state index in [1.165, 1.54) is 0 Å². The van der Waals surface area contributed by atoms with Crippen LogP contribution in [0.2, 0.25) is 5.02 Å². The van der Waals surface area contributed by atoms with Crippen molar-refractivity contribution in [3.63, 3.8) is 0 Å². The van der Waals surface area contributed by atoms with Crippen LogP contribution in [-0.4, -0.2) is 64.5 Å². The second-order valence-corrected chi connectivity index (χ2v) is 13.9. The molecule has 1 aromatic carbocycles. The Bertz CT molecular complexity index is 1270. The molecule has 226 valence electrons. The highest BCUT2D eigenvalue weighted by atomic mass is 35.5. The molecular weight excluding hydrogens is 550 g/mol. The number of carbonyl (C=O) groups excluding carboxylic acids is 2. The molecule has 0 aromatic heterocycles. The van der Waals surface area contributed by atoms with Crippen LogP contribution in [0.5, 0.6) is 0 Å². The third kappa shape index (κ3) is 4.55. The molecule has 5 rings (SSSR count). The van der Waals surface area contributed by atoms with Crippen molar-refractivity contribution in [2.75, 3.05) is 19.0 Å². The van der Waals surface area contributed by atoms with Gasteiger partial charge in [-0.05, 0) is 78.9 Å². The first kappa shape index (κ1) is 30.1. The van der Waals surface area contributed by atoms with Crippen LogP contribution < -0.4 is 5.32 Å². The molecule has 4 aliphatic rings. The summed E-state index contributed by atoms with van der Waals surface area (Å²) in [5.74, 6) is -2.93. The van der Waals surface area contributed by atoms with Gasteiger partial charge in [0.25, 0.3) is 0 Å². The van der Waals surface area contributed by atoms with Gasteiger partial charge in [0.05, 0.1) is 30.0 Å². The van der Waals surface area contributed by atoms with Crippen molar-refractivity contribution in [2.45, 2.75) is 78.3 Å². The number of esters is 2. The molecule has 9 nitrogen and oxygen atoms in total. The summed E-state index contributed by atoms with van der Waals surface area (Å²) in [6.07, 6.45) is 0.125. The smallest absolute Gasteiger partial charge is 0.376 e. The Morgan fingerprint density at radius 3 is 2.44 bits per heavy atom. The average Bonchev–Trinajstić information content (AvgIpc) is 3.17. The van der Waals surface area contributed by atoms with Crippen molar-refractivity contribution in [1.82, 2.24) is 0 Å². The van der Waals surface area contributed by atoms with Gasteiger partial charge in [0.15, 0.2) is 0 Å². The fourth-order valence-electron chi connectivity index (χ4n) is 9.38. The molecular formula is C31H42ClNO8. The molecule has 0 spiro atoms. The van der Waals surface area contributed by atoms with Crippen LogP contribution in [0.3, 0.4) is 0 Å². The molecule has 41 heavy (non-hydrogen) atoms. The number of aliphatic hydroxyl groups is 4. The Hall–Kier alpha value is -2.33. The predicted octanol–water partition coefficient (Wildman–Crippen LogP) is 4.44. The second-order valence-electron chi connectivity index (χ2n) is 13.4.